The third kappa shape index (κ3) is 4.27. The minimum atomic E-state index is -0.129. The highest BCUT2D eigenvalue weighted by atomic mass is 32.1. The number of thiazole rings is 1. The third-order valence-electron chi connectivity index (χ3n) is 5.08. The summed E-state index contributed by atoms with van der Waals surface area (Å²) in [7, 11) is 0. The lowest BCUT2D eigenvalue weighted by Gasteiger charge is -2.20. The van der Waals surface area contributed by atoms with Gasteiger partial charge in [0.15, 0.2) is 11.7 Å². The molecule has 0 saturated heterocycles. The van der Waals surface area contributed by atoms with E-state index in [1.807, 2.05) is 91.0 Å². The molecule has 0 radical (unpaired) electrons. The van der Waals surface area contributed by atoms with Crippen LogP contribution >= 0.6 is 11.3 Å². The van der Waals surface area contributed by atoms with Crippen LogP contribution in [0, 0.1) is 0 Å². The molecular weight excluding hydrogens is 404 g/mol. The molecule has 0 aliphatic carbocycles. The first-order chi connectivity index (χ1) is 15.3. The number of aromatic nitrogens is 1. The number of carbonyl (C=O) groups is 1. The minimum absolute atomic E-state index is 0.0545. The van der Waals surface area contributed by atoms with Gasteiger partial charge in [-0.15, -0.1) is 0 Å². The van der Waals surface area contributed by atoms with Crippen molar-refractivity contribution in [2.24, 2.45) is 0 Å². The van der Waals surface area contributed by atoms with E-state index in [1.54, 1.807) is 4.90 Å². The largest absolute Gasteiger partial charge is 0.484 e. The first kappa shape index (κ1) is 19.3. The summed E-state index contributed by atoms with van der Waals surface area (Å²) in [5.74, 6) is 0.548. The number of para-hydroxylation sites is 1. The molecule has 5 rings (SSSR count). The summed E-state index contributed by atoms with van der Waals surface area (Å²) in [5.41, 5.74) is 1.93. The Labute approximate surface area is 184 Å². The van der Waals surface area contributed by atoms with Crippen LogP contribution in [-0.4, -0.2) is 17.5 Å². The van der Waals surface area contributed by atoms with E-state index in [1.165, 1.54) is 11.3 Å². The van der Waals surface area contributed by atoms with Crippen LogP contribution in [0.5, 0.6) is 5.75 Å². The molecular formula is C26H20N2O2S. The summed E-state index contributed by atoms with van der Waals surface area (Å²) in [6.07, 6.45) is 0. The van der Waals surface area contributed by atoms with Gasteiger partial charge in [0.1, 0.15) is 5.75 Å². The molecule has 1 heterocycles. The smallest absolute Gasteiger partial charge is 0.267 e. The average Bonchev–Trinajstić information content (AvgIpc) is 3.25. The third-order valence-corrected chi connectivity index (χ3v) is 6.14. The summed E-state index contributed by atoms with van der Waals surface area (Å²) < 4.78 is 6.93. The van der Waals surface area contributed by atoms with E-state index in [0.717, 1.165) is 26.6 Å². The summed E-state index contributed by atoms with van der Waals surface area (Å²) in [6, 6.07) is 31.8. The van der Waals surface area contributed by atoms with Gasteiger partial charge in [0.25, 0.3) is 5.91 Å². The van der Waals surface area contributed by atoms with E-state index in [9.17, 15) is 4.79 Å². The van der Waals surface area contributed by atoms with Gasteiger partial charge >= 0.3 is 0 Å². The maximum atomic E-state index is 13.2. The fraction of sp³-hybridized carbons (Fsp3) is 0.0769. The molecule has 31 heavy (non-hydrogen) atoms. The Balaban J connectivity index is 1.39. The van der Waals surface area contributed by atoms with Crippen LogP contribution in [0.1, 0.15) is 5.56 Å². The number of hydrogen-bond acceptors (Lipinski definition) is 4. The molecule has 4 nitrogen and oxygen atoms in total. The monoisotopic (exact) mass is 424 g/mol. The molecule has 0 spiro atoms. The van der Waals surface area contributed by atoms with Crippen molar-refractivity contribution < 1.29 is 9.53 Å². The van der Waals surface area contributed by atoms with Crippen LogP contribution in [0.3, 0.4) is 0 Å². The molecule has 0 saturated carbocycles. The fourth-order valence-corrected chi connectivity index (χ4v) is 4.47. The zero-order valence-electron chi connectivity index (χ0n) is 16.8. The van der Waals surface area contributed by atoms with Gasteiger partial charge in [0.2, 0.25) is 0 Å². The molecule has 1 aromatic heterocycles. The Bertz CT molecular complexity index is 1310. The highest BCUT2D eigenvalue weighted by Gasteiger charge is 2.21. The number of hydrogen-bond donors (Lipinski definition) is 0. The number of rotatable bonds is 6. The number of anilines is 1. The molecule has 5 aromatic rings. The molecule has 0 bridgehead atoms. The highest BCUT2D eigenvalue weighted by Crippen LogP contribution is 2.30. The molecule has 4 aromatic carbocycles. The molecule has 0 atom stereocenters. The van der Waals surface area contributed by atoms with Crippen molar-refractivity contribution in [2.75, 3.05) is 11.5 Å². The molecule has 0 aliphatic heterocycles. The minimum Gasteiger partial charge on any atom is -0.484 e. The van der Waals surface area contributed by atoms with Crippen molar-refractivity contribution >= 4 is 43.4 Å². The van der Waals surface area contributed by atoms with E-state index < -0.39 is 0 Å². The van der Waals surface area contributed by atoms with Crippen molar-refractivity contribution in [1.82, 2.24) is 4.98 Å². The molecule has 0 unspecified atom stereocenters. The van der Waals surface area contributed by atoms with Crippen LogP contribution in [0.4, 0.5) is 5.13 Å². The predicted octanol–water partition coefficient (Wildman–Crippen LogP) is 6.06. The predicted molar refractivity (Wildman–Crippen MR) is 127 cm³/mol. The van der Waals surface area contributed by atoms with E-state index in [0.29, 0.717) is 17.4 Å². The summed E-state index contributed by atoms with van der Waals surface area (Å²) in [5, 5.41) is 2.90. The molecule has 5 heteroatoms. The highest BCUT2D eigenvalue weighted by molar-refractivity contribution is 7.22. The Hall–Kier alpha value is -3.70. The lowest BCUT2D eigenvalue weighted by Crippen LogP contribution is -2.34. The van der Waals surface area contributed by atoms with Gasteiger partial charge in [-0.1, -0.05) is 84.1 Å². The Morgan fingerprint density at radius 2 is 1.58 bits per heavy atom. The van der Waals surface area contributed by atoms with Crippen molar-refractivity contribution in [3.8, 4) is 5.75 Å². The van der Waals surface area contributed by atoms with Crippen LogP contribution in [0.25, 0.3) is 21.0 Å². The second-order valence-corrected chi connectivity index (χ2v) is 8.24. The van der Waals surface area contributed by atoms with Gasteiger partial charge < -0.3 is 4.74 Å². The summed E-state index contributed by atoms with van der Waals surface area (Å²) in [6.45, 7) is 0.391. The van der Waals surface area contributed by atoms with E-state index in [2.05, 4.69) is 6.07 Å². The Morgan fingerprint density at radius 1 is 0.839 bits per heavy atom. The Morgan fingerprint density at radius 3 is 2.42 bits per heavy atom. The van der Waals surface area contributed by atoms with Gasteiger partial charge in [-0.2, -0.15) is 0 Å². The SMILES string of the molecule is O=C(COc1ccc2ccccc2c1)N(Cc1ccccc1)c1nc2ccccc2s1. The lowest BCUT2D eigenvalue weighted by molar-refractivity contribution is -0.120. The van der Waals surface area contributed by atoms with Gasteiger partial charge in [-0.3, -0.25) is 9.69 Å². The number of nitrogens with zero attached hydrogens (tertiary/aromatic N) is 2. The van der Waals surface area contributed by atoms with Crippen molar-refractivity contribution in [2.45, 2.75) is 6.54 Å². The molecule has 152 valence electrons. The van der Waals surface area contributed by atoms with Crippen LogP contribution in [-0.2, 0) is 11.3 Å². The maximum Gasteiger partial charge on any atom is 0.267 e. The topological polar surface area (TPSA) is 42.4 Å². The van der Waals surface area contributed by atoms with E-state index in [-0.39, 0.29) is 12.5 Å². The number of ether oxygens (including phenoxy) is 1. The number of benzene rings is 4. The molecule has 0 aliphatic rings. The average molecular weight is 425 g/mol. The summed E-state index contributed by atoms with van der Waals surface area (Å²) >= 11 is 1.51. The number of fused-ring (bicyclic) bond motifs is 2. The second-order valence-electron chi connectivity index (χ2n) is 7.23. The second kappa shape index (κ2) is 8.58. The molecule has 1 amide bonds. The van der Waals surface area contributed by atoms with Gasteiger partial charge in [0, 0.05) is 0 Å². The first-order valence-electron chi connectivity index (χ1n) is 10.1. The standard InChI is InChI=1S/C26H20N2O2S/c29-25(18-30-22-15-14-20-10-4-5-11-21(20)16-22)28(17-19-8-2-1-3-9-19)26-27-23-12-6-7-13-24(23)31-26/h1-16H,17-18H2. The number of carbonyl (C=O) groups excluding carboxylic acids is 1. The van der Waals surface area contributed by atoms with E-state index >= 15 is 0 Å². The van der Waals surface area contributed by atoms with Gasteiger partial charge in [0.05, 0.1) is 16.8 Å². The molecule has 0 N–H and O–H groups in total. The quantitative estimate of drug-likeness (QED) is 0.333. The Kier molecular flexibility index (Phi) is 5.33. The van der Waals surface area contributed by atoms with E-state index in [4.69, 9.17) is 9.72 Å². The van der Waals surface area contributed by atoms with Crippen molar-refractivity contribution in [3.05, 3.63) is 103 Å². The normalized spacial score (nSPS) is 11.0. The molecule has 0 fully saturated rings. The fourth-order valence-electron chi connectivity index (χ4n) is 3.48. The van der Waals surface area contributed by atoms with Crippen molar-refractivity contribution in [1.29, 1.82) is 0 Å². The zero-order chi connectivity index (χ0) is 21.0. The van der Waals surface area contributed by atoms with Gasteiger partial charge in [-0.05, 0) is 40.6 Å². The maximum absolute atomic E-state index is 13.2. The zero-order valence-corrected chi connectivity index (χ0v) is 17.6. The lowest BCUT2D eigenvalue weighted by atomic mass is 10.1. The van der Waals surface area contributed by atoms with Crippen LogP contribution in [0.2, 0.25) is 0 Å². The van der Waals surface area contributed by atoms with Gasteiger partial charge in [-0.25, -0.2) is 4.98 Å². The van der Waals surface area contributed by atoms with Crippen LogP contribution in [0.15, 0.2) is 97.1 Å². The van der Waals surface area contributed by atoms with Crippen molar-refractivity contribution in [3.63, 3.8) is 0 Å². The first-order valence-corrected chi connectivity index (χ1v) is 10.9. The summed E-state index contributed by atoms with van der Waals surface area (Å²) in [4.78, 5) is 19.6. The van der Waals surface area contributed by atoms with Crippen LogP contribution < -0.4 is 9.64 Å². The number of amides is 1.